The molecule has 2 aliphatic carbocycles. The second-order valence-electron chi connectivity index (χ2n) is 9.20. The zero-order valence-electron chi connectivity index (χ0n) is 18.9. The van der Waals surface area contributed by atoms with Crippen molar-refractivity contribution in [2.45, 2.75) is 76.4 Å². The lowest BCUT2D eigenvalue weighted by Gasteiger charge is -2.41. The highest BCUT2D eigenvalue weighted by Gasteiger charge is 2.39. The Bertz CT molecular complexity index is 937. The van der Waals surface area contributed by atoms with Gasteiger partial charge in [0.1, 0.15) is 11.9 Å². The smallest absolute Gasteiger partial charge is 0.247 e. The normalized spacial score (nSPS) is 19.6. The first-order chi connectivity index (χ1) is 15.6. The molecule has 0 aromatic heterocycles. The standard InChI is InChI=1S/C27H33ClN2O2/c1-19-14-16-21(17-15-19)26(27(32)29-22-10-3-2-4-11-22)30(25(31)18-28)24-13-7-9-20-8-5-6-12-23(20)24/h5-6,8,12,14-17,22,24,26H,2-4,7,9-11,13,18H2,1H3,(H,29,32)/t24-,26+/m1/s1. The summed E-state index contributed by atoms with van der Waals surface area (Å²) in [6, 6.07) is 15.6. The highest BCUT2D eigenvalue weighted by Crippen LogP contribution is 2.39. The first kappa shape index (κ1) is 22.8. The Labute approximate surface area is 196 Å². The Hall–Kier alpha value is -2.33. The van der Waals surface area contributed by atoms with Gasteiger partial charge in [0, 0.05) is 6.04 Å². The molecule has 0 radical (unpaired) electrons. The number of hydrogen-bond acceptors (Lipinski definition) is 2. The molecule has 4 rings (SSSR count). The average molecular weight is 453 g/mol. The molecule has 5 heteroatoms. The number of fused-ring (bicyclic) bond motifs is 1. The lowest BCUT2D eigenvalue weighted by molar-refractivity contribution is -0.142. The van der Waals surface area contributed by atoms with E-state index < -0.39 is 6.04 Å². The molecule has 1 saturated carbocycles. The molecule has 0 bridgehead atoms. The fraction of sp³-hybridized carbons (Fsp3) is 0.481. The molecule has 32 heavy (non-hydrogen) atoms. The monoisotopic (exact) mass is 452 g/mol. The van der Waals surface area contributed by atoms with Gasteiger partial charge < -0.3 is 10.2 Å². The van der Waals surface area contributed by atoms with E-state index in [1.54, 1.807) is 4.90 Å². The van der Waals surface area contributed by atoms with Crippen LogP contribution in [0.25, 0.3) is 0 Å². The molecule has 0 aliphatic heterocycles. The van der Waals surface area contributed by atoms with E-state index in [1.807, 2.05) is 43.3 Å². The van der Waals surface area contributed by atoms with Crippen LogP contribution in [0.5, 0.6) is 0 Å². The van der Waals surface area contributed by atoms with Crippen molar-refractivity contribution in [2.24, 2.45) is 0 Å². The van der Waals surface area contributed by atoms with Gasteiger partial charge in [-0.3, -0.25) is 9.59 Å². The minimum absolute atomic E-state index is 0.0951. The number of alkyl halides is 1. The number of nitrogens with one attached hydrogen (secondary N) is 1. The van der Waals surface area contributed by atoms with Gasteiger partial charge in [-0.1, -0.05) is 73.4 Å². The Morgan fingerprint density at radius 1 is 1.00 bits per heavy atom. The Balaban J connectivity index is 1.74. The van der Waals surface area contributed by atoms with Crippen molar-refractivity contribution in [3.05, 3.63) is 70.8 Å². The van der Waals surface area contributed by atoms with Crippen LogP contribution in [0.15, 0.2) is 48.5 Å². The molecule has 2 aromatic carbocycles. The summed E-state index contributed by atoms with van der Waals surface area (Å²) >= 11 is 6.12. The second-order valence-corrected chi connectivity index (χ2v) is 9.47. The molecule has 0 unspecified atom stereocenters. The number of carbonyl (C=O) groups excluding carboxylic acids is 2. The van der Waals surface area contributed by atoms with Crippen LogP contribution < -0.4 is 5.32 Å². The molecule has 0 heterocycles. The molecule has 1 fully saturated rings. The summed E-state index contributed by atoms with van der Waals surface area (Å²) in [5.74, 6) is -0.433. The summed E-state index contributed by atoms with van der Waals surface area (Å²) < 4.78 is 0. The van der Waals surface area contributed by atoms with E-state index in [0.717, 1.165) is 61.6 Å². The van der Waals surface area contributed by atoms with Gasteiger partial charge in [0.15, 0.2) is 0 Å². The van der Waals surface area contributed by atoms with Crippen molar-refractivity contribution >= 4 is 23.4 Å². The van der Waals surface area contributed by atoms with E-state index >= 15 is 0 Å². The number of amides is 2. The van der Waals surface area contributed by atoms with Crippen LogP contribution in [0.4, 0.5) is 0 Å². The van der Waals surface area contributed by atoms with Gasteiger partial charge >= 0.3 is 0 Å². The van der Waals surface area contributed by atoms with E-state index in [4.69, 9.17) is 11.6 Å². The first-order valence-corrected chi connectivity index (χ1v) is 12.4. The van der Waals surface area contributed by atoms with Crippen LogP contribution >= 0.6 is 11.6 Å². The summed E-state index contributed by atoms with van der Waals surface area (Å²) in [5, 5.41) is 3.28. The quantitative estimate of drug-likeness (QED) is 0.577. The van der Waals surface area contributed by atoms with E-state index in [2.05, 4.69) is 17.4 Å². The molecule has 2 aliphatic rings. The maximum Gasteiger partial charge on any atom is 0.247 e. The van der Waals surface area contributed by atoms with Gasteiger partial charge in [-0.2, -0.15) is 0 Å². The lowest BCUT2D eigenvalue weighted by atomic mass is 9.85. The average Bonchev–Trinajstić information content (AvgIpc) is 2.83. The van der Waals surface area contributed by atoms with Gasteiger partial charge in [-0.15, -0.1) is 11.6 Å². The lowest BCUT2D eigenvalue weighted by Crippen LogP contribution is -2.49. The fourth-order valence-electron chi connectivity index (χ4n) is 5.30. The largest absolute Gasteiger partial charge is 0.351 e. The van der Waals surface area contributed by atoms with Crippen LogP contribution in [-0.4, -0.2) is 28.6 Å². The third-order valence-electron chi connectivity index (χ3n) is 6.95. The minimum Gasteiger partial charge on any atom is -0.351 e. The zero-order valence-corrected chi connectivity index (χ0v) is 19.6. The van der Waals surface area contributed by atoms with Crippen molar-refractivity contribution in [3.8, 4) is 0 Å². The van der Waals surface area contributed by atoms with Gasteiger partial charge in [-0.25, -0.2) is 0 Å². The maximum absolute atomic E-state index is 13.8. The Morgan fingerprint density at radius 2 is 1.72 bits per heavy atom. The third-order valence-corrected chi connectivity index (χ3v) is 7.18. The van der Waals surface area contributed by atoms with Crippen molar-refractivity contribution in [3.63, 3.8) is 0 Å². The molecule has 2 aromatic rings. The van der Waals surface area contributed by atoms with E-state index in [9.17, 15) is 9.59 Å². The number of benzene rings is 2. The predicted molar refractivity (Wildman–Crippen MR) is 129 cm³/mol. The summed E-state index contributed by atoms with van der Waals surface area (Å²) in [7, 11) is 0. The number of rotatable bonds is 6. The Kier molecular flexibility index (Phi) is 7.51. The highest BCUT2D eigenvalue weighted by atomic mass is 35.5. The number of halogens is 1. The molecule has 0 saturated heterocycles. The van der Waals surface area contributed by atoms with Crippen molar-refractivity contribution < 1.29 is 9.59 Å². The van der Waals surface area contributed by atoms with Gasteiger partial charge in [0.25, 0.3) is 0 Å². The summed E-state index contributed by atoms with van der Waals surface area (Å²) in [6.45, 7) is 2.03. The first-order valence-electron chi connectivity index (χ1n) is 11.9. The van der Waals surface area contributed by atoms with Crippen LogP contribution in [0.2, 0.25) is 0 Å². The molecule has 2 amide bonds. The van der Waals surface area contributed by atoms with Crippen molar-refractivity contribution in [1.29, 1.82) is 0 Å². The minimum atomic E-state index is -0.695. The second kappa shape index (κ2) is 10.5. The van der Waals surface area contributed by atoms with Crippen LogP contribution in [0.3, 0.4) is 0 Å². The SMILES string of the molecule is Cc1ccc([C@@H](C(=O)NC2CCCCC2)N(C(=O)CCl)[C@@H]2CCCc3ccccc32)cc1. The summed E-state index contributed by atoms with van der Waals surface area (Å²) in [5.41, 5.74) is 4.36. The van der Waals surface area contributed by atoms with Crippen LogP contribution in [0, 0.1) is 6.92 Å². The van der Waals surface area contributed by atoms with E-state index in [-0.39, 0.29) is 29.8 Å². The molecule has 1 N–H and O–H groups in total. The molecule has 4 nitrogen and oxygen atoms in total. The van der Waals surface area contributed by atoms with Gasteiger partial charge in [0.2, 0.25) is 11.8 Å². The topological polar surface area (TPSA) is 49.4 Å². The number of carbonyl (C=O) groups is 2. The highest BCUT2D eigenvalue weighted by molar-refractivity contribution is 6.27. The molecule has 170 valence electrons. The molecular weight excluding hydrogens is 420 g/mol. The van der Waals surface area contributed by atoms with Crippen molar-refractivity contribution in [1.82, 2.24) is 10.2 Å². The molecule has 0 spiro atoms. The summed E-state index contributed by atoms with van der Waals surface area (Å²) in [4.78, 5) is 28.9. The fourth-order valence-corrected chi connectivity index (χ4v) is 5.44. The molecule has 2 atom stereocenters. The van der Waals surface area contributed by atoms with E-state index in [1.165, 1.54) is 12.0 Å². The maximum atomic E-state index is 13.8. The van der Waals surface area contributed by atoms with Gasteiger partial charge in [0.05, 0.1) is 6.04 Å². The summed E-state index contributed by atoms with van der Waals surface area (Å²) in [6.07, 6.45) is 8.32. The number of aryl methyl sites for hydroxylation is 2. The molecular formula is C27H33ClN2O2. The zero-order chi connectivity index (χ0) is 22.5. The van der Waals surface area contributed by atoms with E-state index in [0.29, 0.717) is 0 Å². The predicted octanol–water partition coefficient (Wildman–Crippen LogP) is 5.63. The van der Waals surface area contributed by atoms with Crippen LogP contribution in [0.1, 0.15) is 79.3 Å². The Morgan fingerprint density at radius 3 is 2.44 bits per heavy atom. The number of nitrogens with zero attached hydrogens (tertiary/aromatic N) is 1. The number of hydrogen-bond donors (Lipinski definition) is 1. The van der Waals surface area contributed by atoms with Gasteiger partial charge in [-0.05, 0) is 55.7 Å². The third kappa shape index (κ3) is 5.01. The van der Waals surface area contributed by atoms with Crippen LogP contribution in [-0.2, 0) is 16.0 Å². The van der Waals surface area contributed by atoms with Crippen molar-refractivity contribution in [2.75, 3.05) is 5.88 Å².